The van der Waals surface area contributed by atoms with Crippen molar-refractivity contribution < 1.29 is 18.7 Å². The third-order valence-corrected chi connectivity index (χ3v) is 5.99. The van der Waals surface area contributed by atoms with Crippen LogP contribution in [0.15, 0.2) is 16.7 Å². The van der Waals surface area contributed by atoms with Crippen LogP contribution in [0.25, 0.3) is 0 Å². The van der Waals surface area contributed by atoms with Gasteiger partial charge >= 0.3 is 0 Å². The average molecular weight is 338 g/mol. The molecule has 126 valence electrons. The lowest BCUT2D eigenvalue weighted by Crippen LogP contribution is -2.60. The molecule has 0 radical (unpaired) electrons. The predicted octanol–water partition coefficient (Wildman–Crippen LogP) is 1.39. The van der Waals surface area contributed by atoms with Gasteiger partial charge in [0, 0.05) is 38.5 Å². The van der Waals surface area contributed by atoms with E-state index in [1.807, 2.05) is 23.6 Å². The molecule has 2 saturated heterocycles. The Morgan fingerprint density at radius 3 is 2.83 bits per heavy atom. The third-order valence-electron chi connectivity index (χ3n) is 4.42. The Kier molecular flexibility index (Phi) is 4.42. The zero-order chi connectivity index (χ0) is 16.6. The van der Waals surface area contributed by atoms with Crippen LogP contribution in [0.5, 0.6) is 0 Å². The molecule has 23 heavy (non-hydrogen) atoms. The Morgan fingerprint density at radius 1 is 1.48 bits per heavy atom. The topological polar surface area (TPSA) is 63.0 Å². The van der Waals surface area contributed by atoms with Crippen LogP contribution in [0.4, 0.5) is 0 Å². The van der Waals surface area contributed by atoms with Crippen molar-refractivity contribution in [3.8, 4) is 0 Å². The highest BCUT2D eigenvalue weighted by Crippen LogP contribution is 2.46. The fourth-order valence-corrected chi connectivity index (χ4v) is 4.53. The van der Waals surface area contributed by atoms with E-state index in [4.69, 9.17) is 9.15 Å². The lowest BCUT2D eigenvalue weighted by Gasteiger charge is -2.47. The molecule has 2 amide bonds. The minimum Gasteiger partial charge on any atom is -0.459 e. The van der Waals surface area contributed by atoms with Crippen LogP contribution in [0.2, 0.25) is 0 Å². The summed E-state index contributed by atoms with van der Waals surface area (Å²) >= 11 is 1.85. The Labute approximate surface area is 140 Å². The second-order valence-corrected chi connectivity index (χ2v) is 8.00. The first-order chi connectivity index (χ1) is 10.9. The molecular formula is C16H22N2O4S. The number of hydrogen-bond acceptors (Lipinski definition) is 5. The minimum atomic E-state index is -0.0362. The molecule has 2 aliphatic rings. The molecule has 0 bridgehead atoms. The quantitative estimate of drug-likeness (QED) is 0.830. The fraction of sp³-hybridized carbons (Fsp3) is 0.625. The van der Waals surface area contributed by atoms with Crippen LogP contribution in [0, 0.1) is 6.92 Å². The average Bonchev–Trinajstić information content (AvgIpc) is 3.08. The summed E-state index contributed by atoms with van der Waals surface area (Å²) in [5.41, 5.74) is 0.874. The van der Waals surface area contributed by atoms with Crippen LogP contribution >= 0.6 is 11.8 Å². The monoisotopic (exact) mass is 338 g/mol. The van der Waals surface area contributed by atoms with Crippen LogP contribution in [-0.2, 0) is 9.53 Å². The van der Waals surface area contributed by atoms with Crippen LogP contribution < -0.4 is 0 Å². The van der Waals surface area contributed by atoms with Gasteiger partial charge in [-0.15, -0.1) is 11.8 Å². The molecule has 0 unspecified atom stereocenters. The molecule has 7 heteroatoms. The highest BCUT2D eigenvalue weighted by Gasteiger charge is 2.51. The van der Waals surface area contributed by atoms with Crippen molar-refractivity contribution in [3.63, 3.8) is 0 Å². The molecule has 0 saturated carbocycles. The van der Waals surface area contributed by atoms with Gasteiger partial charge in [0.25, 0.3) is 5.91 Å². The van der Waals surface area contributed by atoms with E-state index in [2.05, 4.69) is 0 Å². The standard InChI is InChI=1S/C16H22N2O4S/c1-11-4-5-21-14(11)15(20)18-9-16(10-18)6-12(8-23-16)22-7-13(19)17(2)3/h4-5,12H,6-10H2,1-3H3/t12-/m1/s1. The van der Waals surface area contributed by atoms with E-state index in [0.29, 0.717) is 5.76 Å². The Balaban J connectivity index is 1.48. The van der Waals surface area contributed by atoms with Crippen molar-refractivity contribution in [3.05, 3.63) is 23.7 Å². The van der Waals surface area contributed by atoms with Gasteiger partial charge in [-0.25, -0.2) is 0 Å². The number of amides is 2. The zero-order valence-electron chi connectivity index (χ0n) is 13.7. The summed E-state index contributed by atoms with van der Waals surface area (Å²) in [7, 11) is 3.45. The fourth-order valence-electron chi connectivity index (χ4n) is 2.98. The number of furan rings is 1. The summed E-state index contributed by atoms with van der Waals surface area (Å²) in [6.07, 6.45) is 2.53. The highest BCUT2D eigenvalue weighted by atomic mass is 32.2. The number of likely N-dealkylation sites (N-methyl/N-ethyl adjacent to an activating group) is 1. The van der Waals surface area contributed by atoms with E-state index in [1.165, 1.54) is 4.90 Å². The number of likely N-dealkylation sites (tertiary alicyclic amines) is 1. The normalized spacial score (nSPS) is 22.2. The van der Waals surface area contributed by atoms with Gasteiger partial charge in [-0.2, -0.15) is 0 Å². The van der Waals surface area contributed by atoms with Gasteiger partial charge in [0.1, 0.15) is 6.61 Å². The number of carbonyl (C=O) groups is 2. The summed E-state index contributed by atoms with van der Waals surface area (Å²) in [6.45, 7) is 3.45. The Hall–Kier alpha value is -1.47. The van der Waals surface area contributed by atoms with Gasteiger partial charge in [0.15, 0.2) is 5.76 Å². The molecule has 1 atom stereocenters. The van der Waals surface area contributed by atoms with Crippen molar-refractivity contribution in [2.45, 2.75) is 24.2 Å². The molecule has 1 aromatic heterocycles. The van der Waals surface area contributed by atoms with Gasteiger partial charge in [-0.05, 0) is 19.4 Å². The number of rotatable bonds is 4. The number of aryl methyl sites for hydroxylation is 1. The molecular weight excluding hydrogens is 316 g/mol. The van der Waals surface area contributed by atoms with E-state index in [-0.39, 0.29) is 29.3 Å². The van der Waals surface area contributed by atoms with Crippen molar-refractivity contribution in [2.75, 3.05) is 39.5 Å². The summed E-state index contributed by atoms with van der Waals surface area (Å²) in [5.74, 6) is 1.26. The molecule has 3 heterocycles. The molecule has 1 aromatic rings. The highest BCUT2D eigenvalue weighted by molar-refractivity contribution is 8.01. The second-order valence-electron chi connectivity index (χ2n) is 6.51. The lowest BCUT2D eigenvalue weighted by atomic mass is 9.92. The molecule has 2 fully saturated rings. The molecule has 1 spiro atoms. The molecule has 2 aliphatic heterocycles. The zero-order valence-corrected chi connectivity index (χ0v) is 14.5. The van der Waals surface area contributed by atoms with Gasteiger partial charge in [-0.3, -0.25) is 9.59 Å². The van der Waals surface area contributed by atoms with Crippen molar-refractivity contribution in [2.24, 2.45) is 0 Å². The van der Waals surface area contributed by atoms with Crippen LogP contribution in [-0.4, -0.2) is 72.0 Å². The van der Waals surface area contributed by atoms with Gasteiger partial charge in [0.2, 0.25) is 5.91 Å². The number of hydrogen-bond donors (Lipinski definition) is 0. The van der Waals surface area contributed by atoms with Gasteiger partial charge in [-0.1, -0.05) is 0 Å². The molecule has 0 aromatic carbocycles. The largest absolute Gasteiger partial charge is 0.459 e. The summed E-state index contributed by atoms with van der Waals surface area (Å²) in [6, 6.07) is 1.80. The number of ether oxygens (including phenoxy) is 1. The number of carbonyl (C=O) groups excluding carboxylic acids is 2. The second kappa shape index (κ2) is 6.20. The number of nitrogens with zero attached hydrogens (tertiary/aromatic N) is 2. The van der Waals surface area contributed by atoms with E-state index < -0.39 is 0 Å². The summed E-state index contributed by atoms with van der Waals surface area (Å²) in [4.78, 5) is 27.3. The van der Waals surface area contributed by atoms with E-state index in [1.54, 1.807) is 26.4 Å². The SMILES string of the molecule is Cc1ccoc1C(=O)N1CC2(C[C@@H](OCC(=O)N(C)C)CS2)C1. The van der Waals surface area contributed by atoms with Crippen LogP contribution in [0.3, 0.4) is 0 Å². The molecule has 0 aliphatic carbocycles. The first kappa shape index (κ1) is 16.4. The summed E-state index contributed by atoms with van der Waals surface area (Å²) in [5, 5.41) is 0. The maximum atomic E-state index is 12.4. The molecule has 3 rings (SSSR count). The van der Waals surface area contributed by atoms with E-state index in [0.717, 1.165) is 30.8 Å². The maximum Gasteiger partial charge on any atom is 0.289 e. The smallest absolute Gasteiger partial charge is 0.289 e. The summed E-state index contributed by atoms with van der Waals surface area (Å²) < 4.78 is 11.1. The Bertz CT molecular complexity index is 607. The minimum absolute atomic E-state index is 0.0188. The lowest BCUT2D eigenvalue weighted by molar-refractivity contribution is -0.135. The van der Waals surface area contributed by atoms with Crippen LogP contribution in [0.1, 0.15) is 22.5 Å². The third kappa shape index (κ3) is 3.26. The van der Waals surface area contributed by atoms with Crippen molar-refractivity contribution in [1.82, 2.24) is 9.80 Å². The first-order valence-electron chi connectivity index (χ1n) is 7.69. The van der Waals surface area contributed by atoms with E-state index in [9.17, 15) is 9.59 Å². The maximum absolute atomic E-state index is 12.4. The molecule has 0 N–H and O–H groups in total. The van der Waals surface area contributed by atoms with Crippen molar-refractivity contribution >= 4 is 23.6 Å². The van der Waals surface area contributed by atoms with Gasteiger partial charge < -0.3 is 19.0 Å². The number of thioether (sulfide) groups is 1. The van der Waals surface area contributed by atoms with Gasteiger partial charge in [0.05, 0.1) is 17.1 Å². The first-order valence-corrected chi connectivity index (χ1v) is 8.68. The molecule has 6 nitrogen and oxygen atoms in total. The van der Waals surface area contributed by atoms with E-state index >= 15 is 0 Å². The Morgan fingerprint density at radius 2 is 2.22 bits per heavy atom. The predicted molar refractivity (Wildman–Crippen MR) is 87.6 cm³/mol. The van der Waals surface area contributed by atoms with Crippen molar-refractivity contribution in [1.29, 1.82) is 0 Å².